The molecule has 23 heavy (non-hydrogen) atoms. The molecular formula is C15H14Cl3NO3S. The molecule has 0 aliphatic carbocycles. The lowest BCUT2D eigenvalue weighted by atomic mass is 10.2. The molecule has 2 rings (SSSR count). The van der Waals surface area contributed by atoms with Crippen molar-refractivity contribution >= 4 is 44.8 Å². The maximum absolute atomic E-state index is 12.7. The Morgan fingerprint density at radius 1 is 1.00 bits per heavy atom. The summed E-state index contributed by atoms with van der Waals surface area (Å²) >= 11 is 18.0. The highest BCUT2D eigenvalue weighted by Crippen LogP contribution is 2.37. The van der Waals surface area contributed by atoms with Crippen LogP contribution in [0.5, 0.6) is 5.75 Å². The van der Waals surface area contributed by atoms with Gasteiger partial charge in [-0.05, 0) is 29.8 Å². The van der Waals surface area contributed by atoms with Crippen molar-refractivity contribution in [3.63, 3.8) is 0 Å². The molecule has 0 amide bonds. The highest BCUT2D eigenvalue weighted by molar-refractivity contribution is 7.89. The third kappa shape index (κ3) is 3.92. The number of ether oxygens (including phenoxy) is 1. The fourth-order valence-corrected chi connectivity index (χ4v) is 4.07. The topological polar surface area (TPSA) is 46.6 Å². The van der Waals surface area contributed by atoms with Gasteiger partial charge in [0.25, 0.3) is 0 Å². The molecule has 0 bridgehead atoms. The minimum atomic E-state index is -3.80. The monoisotopic (exact) mass is 393 g/mol. The largest absolute Gasteiger partial charge is 0.495 e. The molecule has 0 aliphatic heterocycles. The molecule has 0 N–H and O–H groups in total. The Kier molecular flexibility index (Phi) is 5.81. The summed E-state index contributed by atoms with van der Waals surface area (Å²) in [6.45, 7) is 0.180. The third-order valence-electron chi connectivity index (χ3n) is 3.24. The Labute approximate surface area is 150 Å². The van der Waals surface area contributed by atoms with E-state index in [4.69, 9.17) is 39.5 Å². The van der Waals surface area contributed by atoms with Crippen molar-refractivity contribution < 1.29 is 13.2 Å². The van der Waals surface area contributed by atoms with E-state index < -0.39 is 10.0 Å². The molecule has 124 valence electrons. The number of hydrogen-bond donors (Lipinski definition) is 0. The van der Waals surface area contributed by atoms with Gasteiger partial charge < -0.3 is 4.74 Å². The highest BCUT2D eigenvalue weighted by Gasteiger charge is 2.26. The second-order valence-electron chi connectivity index (χ2n) is 4.78. The zero-order chi connectivity index (χ0) is 17.2. The van der Waals surface area contributed by atoms with E-state index >= 15 is 0 Å². The molecule has 2 aromatic carbocycles. The first-order chi connectivity index (χ1) is 10.8. The van der Waals surface area contributed by atoms with E-state index in [0.29, 0.717) is 10.8 Å². The predicted octanol–water partition coefficient (Wildman–Crippen LogP) is 4.48. The van der Waals surface area contributed by atoms with Crippen LogP contribution in [0.2, 0.25) is 15.1 Å². The first kappa shape index (κ1) is 18.4. The number of halogens is 3. The quantitative estimate of drug-likeness (QED) is 0.751. The van der Waals surface area contributed by atoms with Crippen molar-refractivity contribution in [1.82, 2.24) is 4.31 Å². The van der Waals surface area contributed by atoms with Gasteiger partial charge in [0.2, 0.25) is 10.0 Å². The maximum atomic E-state index is 12.7. The molecular weight excluding hydrogens is 381 g/mol. The minimum Gasteiger partial charge on any atom is -0.495 e. The molecule has 0 atom stereocenters. The molecule has 0 radical (unpaired) electrons. The van der Waals surface area contributed by atoms with Crippen LogP contribution in [-0.4, -0.2) is 26.9 Å². The molecule has 0 spiro atoms. The molecule has 0 heterocycles. The van der Waals surface area contributed by atoms with Gasteiger partial charge in [0.1, 0.15) is 15.7 Å². The molecule has 8 heteroatoms. The molecule has 0 saturated carbocycles. The summed E-state index contributed by atoms with van der Waals surface area (Å²) in [6.07, 6.45) is 0. The summed E-state index contributed by atoms with van der Waals surface area (Å²) < 4.78 is 31.6. The van der Waals surface area contributed by atoms with E-state index in [2.05, 4.69) is 0 Å². The molecule has 0 unspecified atom stereocenters. The molecule has 0 fully saturated rings. The van der Waals surface area contributed by atoms with E-state index in [0.717, 1.165) is 5.56 Å². The maximum Gasteiger partial charge on any atom is 0.244 e. The summed E-state index contributed by atoms with van der Waals surface area (Å²) in [5.41, 5.74) is 0.802. The van der Waals surface area contributed by atoms with Crippen molar-refractivity contribution in [3.05, 3.63) is 57.0 Å². The molecule has 0 saturated heterocycles. The Hall–Kier alpha value is -0.980. The Bertz CT molecular complexity index is 807. The van der Waals surface area contributed by atoms with Crippen molar-refractivity contribution in [1.29, 1.82) is 0 Å². The second-order valence-corrected chi connectivity index (χ2v) is 7.99. The molecule has 0 aromatic heterocycles. The number of methoxy groups -OCH3 is 1. The van der Waals surface area contributed by atoms with Gasteiger partial charge >= 0.3 is 0 Å². The van der Waals surface area contributed by atoms with Gasteiger partial charge in [0.15, 0.2) is 0 Å². The van der Waals surface area contributed by atoms with E-state index in [-0.39, 0.29) is 21.5 Å². The van der Waals surface area contributed by atoms with E-state index in [1.54, 1.807) is 24.3 Å². The number of hydrogen-bond acceptors (Lipinski definition) is 3. The van der Waals surface area contributed by atoms with Crippen LogP contribution in [0.15, 0.2) is 41.3 Å². The van der Waals surface area contributed by atoms with Gasteiger partial charge in [0, 0.05) is 18.6 Å². The number of benzene rings is 2. The third-order valence-corrected chi connectivity index (χ3v) is 6.31. The average Bonchev–Trinajstić information content (AvgIpc) is 2.51. The fraction of sp³-hybridized carbons (Fsp3) is 0.200. The van der Waals surface area contributed by atoms with Gasteiger partial charge in [-0.25, -0.2) is 8.42 Å². The van der Waals surface area contributed by atoms with Gasteiger partial charge in [-0.2, -0.15) is 4.31 Å². The van der Waals surface area contributed by atoms with E-state index in [9.17, 15) is 8.42 Å². The molecule has 4 nitrogen and oxygen atoms in total. The van der Waals surface area contributed by atoms with Crippen LogP contribution in [0.25, 0.3) is 0 Å². The zero-order valence-corrected chi connectivity index (χ0v) is 15.5. The number of sulfonamides is 1. The minimum absolute atomic E-state index is 0.0611. The van der Waals surface area contributed by atoms with Crippen LogP contribution < -0.4 is 4.74 Å². The van der Waals surface area contributed by atoms with Gasteiger partial charge in [-0.1, -0.05) is 46.9 Å². The summed E-state index contributed by atoms with van der Waals surface area (Å²) in [7, 11) is -0.897. The zero-order valence-electron chi connectivity index (χ0n) is 12.4. The highest BCUT2D eigenvalue weighted by atomic mass is 35.5. The second kappa shape index (κ2) is 7.28. The summed E-state index contributed by atoms with van der Waals surface area (Å²) in [5, 5.41) is 0.591. The lowest BCUT2D eigenvalue weighted by Crippen LogP contribution is -2.26. The average molecular weight is 395 g/mol. The fourth-order valence-electron chi connectivity index (χ4n) is 1.97. The SMILES string of the molecule is COc1ccc(S(=O)(=O)N(C)Cc2ccc(Cl)cc2)c(Cl)c1Cl. The van der Waals surface area contributed by atoms with Crippen molar-refractivity contribution in [2.45, 2.75) is 11.4 Å². The lowest BCUT2D eigenvalue weighted by Gasteiger charge is -2.19. The smallest absolute Gasteiger partial charge is 0.244 e. The van der Waals surface area contributed by atoms with Crippen LogP contribution in [-0.2, 0) is 16.6 Å². The first-order valence-corrected chi connectivity index (χ1v) is 9.07. The predicted molar refractivity (Wildman–Crippen MR) is 93.1 cm³/mol. The number of rotatable bonds is 5. The molecule has 2 aromatic rings. The number of nitrogens with zero attached hydrogens (tertiary/aromatic N) is 1. The standard InChI is InChI=1S/C15H14Cl3NO3S/c1-19(9-10-3-5-11(16)6-4-10)23(20,21)13-8-7-12(22-2)14(17)15(13)18/h3-8H,9H2,1-2H3. The first-order valence-electron chi connectivity index (χ1n) is 6.50. The summed E-state index contributed by atoms with van der Waals surface area (Å²) in [6, 6.07) is 9.77. The van der Waals surface area contributed by atoms with Crippen molar-refractivity contribution in [3.8, 4) is 5.75 Å². The summed E-state index contributed by atoms with van der Waals surface area (Å²) in [5.74, 6) is 0.316. The van der Waals surface area contributed by atoms with Crippen molar-refractivity contribution in [2.24, 2.45) is 0 Å². The van der Waals surface area contributed by atoms with Gasteiger partial charge in [-0.3, -0.25) is 0 Å². The van der Waals surface area contributed by atoms with Crippen molar-refractivity contribution in [2.75, 3.05) is 14.2 Å². The van der Waals surface area contributed by atoms with Crippen LogP contribution in [0.4, 0.5) is 0 Å². The Balaban J connectivity index is 2.34. The van der Waals surface area contributed by atoms with Gasteiger partial charge in [0.05, 0.1) is 12.1 Å². The van der Waals surface area contributed by atoms with Crippen LogP contribution in [0.1, 0.15) is 5.56 Å². The lowest BCUT2D eigenvalue weighted by molar-refractivity contribution is 0.414. The van der Waals surface area contributed by atoms with Gasteiger partial charge in [-0.15, -0.1) is 0 Å². The Morgan fingerprint density at radius 2 is 1.61 bits per heavy atom. The Morgan fingerprint density at radius 3 is 2.17 bits per heavy atom. The molecule has 0 aliphatic rings. The van der Waals surface area contributed by atoms with Crippen LogP contribution in [0, 0.1) is 0 Å². The van der Waals surface area contributed by atoms with Crippen LogP contribution in [0.3, 0.4) is 0 Å². The normalized spacial score (nSPS) is 11.7. The van der Waals surface area contributed by atoms with E-state index in [1.165, 1.54) is 30.6 Å². The van der Waals surface area contributed by atoms with Crippen LogP contribution >= 0.6 is 34.8 Å². The summed E-state index contributed by atoms with van der Waals surface area (Å²) in [4.78, 5) is -0.0681. The van der Waals surface area contributed by atoms with E-state index in [1.807, 2.05) is 0 Å².